The van der Waals surface area contributed by atoms with Gasteiger partial charge in [0.2, 0.25) is 0 Å². The number of aliphatic hydroxyl groups excluding tert-OH is 1. The first kappa shape index (κ1) is 12.1. The first-order valence-corrected chi connectivity index (χ1v) is 5.82. The number of aryl methyl sites for hydroxylation is 2. The lowest BCUT2D eigenvalue weighted by atomic mass is 10.1. The molecule has 1 aromatic heterocycles. The molecule has 2 aromatic rings. The Bertz CT molecular complexity index is 561. The van der Waals surface area contributed by atoms with Gasteiger partial charge in [0.25, 0.3) is 0 Å². The van der Waals surface area contributed by atoms with Crippen LogP contribution in [0.1, 0.15) is 16.8 Å². The first-order valence-electron chi connectivity index (χ1n) is 5.44. The van der Waals surface area contributed by atoms with Crippen LogP contribution in [0.15, 0.2) is 18.2 Å². The molecule has 0 bridgehead atoms. The van der Waals surface area contributed by atoms with Crippen LogP contribution in [-0.4, -0.2) is 14.7 Å². The second-order valence-corrected chi connectivity index (χ2v) is 4.57. The molecule has 0 aliphatic heterocycles. The molecule has 0 amide bonds. The van der Waals surface area contributed by atoms with Crippen molar-refractivity contribution >= 4 is 11.6 Å². The van der Waals surface area contributed by atoms with Crippen LogP contribution < -0.4 is 0 Å². The van der Waals surface area contributed by atoms with Crippen LogP contribution in [-0.2, 0) is 13.7 Å². The molecule has 4 heteroatoms. The van der Waals surface area contributed by atoms with Gasteiger partial charge in [0, 0.05) is 12.6 Å². The summed E-state index contributed by atoms with van der Waals surface area (Å²) >= 11 is 6.00. The number of aromatic nitrogens is 2. The van der Waals surface area contributed by atoms with Crippen molar-refractivity contribution in [3.8, 4) is 11.4 Å². The number of hydrogen-bond donors (Lipinski definition) is 1. The zero-order valence-corrected chi connectivity index (χ0v) is 10.9. The van der Waals surface area contributed by atoms with E-state index in [9.17, 15) is 5.11 Å². The van der Waals surface area contributed by atoms with Gasteiger partial charge in [-0.2, -0.15) is 0 Å². The van der Waals surface area contributed by atoms with Gasteiger partial charge in [0.15, 0.2) is 5.15 Å². The van der Waals surface area contributed by atoms with Crippen molar-refractivity contribution in [3.63, 3.8) is 0 Å². The van der Waals surface area contributed by atoms with E-state index in [2.05, 4.69) is 23.2 Å². The molecule has 0 spiro atoms. The van der Waals surface area contributed by atoms with Crippen molar-refractivity contribution in [2.45, 2.75) is 20.5 Å². The summed E-state index contributed by atoms with van der Waals surface area (Å²) in [4.78, 5) is 4.32. The molecule has 90 valence electrons. The Morgan fingerprint density at radius 1 is 1.35 bits per heavy atom. The third kappa shape index (κ3) is 2.08. The highest BCUT2D eigenvalue weighted by atomic mass is 35.5. The Morgan fingerprint density at radius 3 is 2.65 bits per heavy atom. The van der Waals surface area contributed by atoms with Gasteiger partial charge < -0.3 is 9.67 Å². The molecule has 0 fully saturated rings. The third-order valence-corrected chi connectivity index (χ3v) is 3.25. The van der Waals surface area contributed by atoms with Crippen LogP contribution >= 0.6 is 11.6 Å². The van der Waals surface area contributed by atoms with Crippen LogP contribution in [0.25, 0.3) is 11.4 Å². The van der Waals surface area contributed by atoms with E-state index in [-0.39, 0.29) is 6.61 Å². The molecule has 0 saturated carbocycles. The van der Waals surface area contributed by atoms with Gasteiger partial charge in [-0.05, 0) is 25.5 Å². The molecule has 2 rings (SSSR count). The fraction of sp³-hybridized carbons (Fsp3) is 0.308. The Kier molecular flexibility index (Phi) is 3.22. The lowest BCUT2D eigenvalue weighted by molar-refractivity contribution is 0.273. The van der Waals surface area contributed by atoms with Crippen LogP contribution in [0.4, 0.5) is 0 Å². The lowest BCUT2D eigenvalue weighted by Crippen LogP contribution is -1.99. The number of hydrogen-bond acceptors (Lipinski definition) is 2. The number of nitrogens with zero attached hydrogens (tertiary/aromatic N) is 2. The topological polar surface area (TPSA) is 38.1 Å². The number of aliphatic hydroxyl groups is 1. The maximum absolute atomic E-state index is 9.24. The monoisotopic (exact) mass is 250 g/mol. The summed E-state index contributed by atoms with van der Waals surface area (Å²) < 4.78 is 1.84. The third-order valence-electron chi connectivity index (χ3n) is 2.95. The summed E-state index contributed by atoms with van der Waals surface area (Å²) in [7, 11) is 1.86. The molecule has 0 aliphatic rings. The minimum Gasteiger partial charge on any atom is -0.390 e. The number of rotatable bonds is 2. The van der Waals surface area contributed by atoms with Crippen molar-refractivity contribution in [1.82, 2.24) is 9.55 Å². The fourth-order valence-electron chi connectivity index (χ4n) is 1.89. The standard InChI is InChI=1S/C13H15ClN2O/c1-8-4-5-9(2)10(6-8)13-15-12(14)11(7-17)16(13)3/h4-6,17H,7H2,1-3H3. The van der Waals surface area contributed by atoms with Crippen molar-refractivity contribution in [2.24, 2.45) is 7.05 Å². The quantitative estimate of drug-likeness (QED) is 0.890. The predicted octanol–water partition coefficient (Wildman–Crippen LogP) is 2.85. The Morgan fingerprint density at radius 2 is 2.06 bits per heavy atom. The van der Waals surface area contributed by atoms with Crippen LogP contribution in [0.2, 0.25) is 5.15 Å². The van der Waals surface area contributed by atoms with Crippen molar-refractivity contribution in [2.75, 3.05) is 0 Å². The molecule has 17 heavy (non-hydrogen) atoms. The summed E-state index contributed by atoms with van der Waals surface area (Å²) in [5.41, 5.74) is 4.01. The average Bonchev–Trinajstić information content (AvgIpc) is 2.57. The normalized spacial score (nSPS) is 10.9. The summed E-state index contributed by atoms with van der Waals surface area (Å²) in [5, 5.41) is 9.60. The fourth-order valence-corrected chi connectivity index (χ4v) is 2.15. The average molecular weight is 251 g/mol. The molecular weight excluding hydrogens is 236 g/mol. The zero-order valence-electron chi connectivity index (χ0n) is 10.2. The largest absolute Gasteiger partial charge is 0.390 e. The number of benzene rings is 1. The van der Waals surface area contributed by atoms with Crippen LogP contribution in [0.3, 0.4) is 0 Å². The maximum Gasteiger partial charge on any atom is 0.153 e. The van der Waals surface area contributed by atoms with E-state index in [1.54, 1.807) is 0 Å². The molecule has 3 nitrogen and oxygen atoms in total. The van der Waals surface area contributed by atoms with E-state index in [0.29, 0.717) is 10.8 Å². The molecule has 1 N–H and O–H groups in total. The summed E-state index contributed by atoms with van der Waals surface area (Å²) in [6.45, 7) is 3.98. The summed E-state index contributed by atoms with van der Waals surface area (Å²) in [5.74, 6) is 0.792. The summed E-state index contributed by atoms with van der Waals surface area (Å²) in [6.07, 6.45) is 0. The molecule has 0 atom stereocenters. The van der Waals surface area contributed by atoms with E-state index in [0.717, 1.165) is 17.0 Å². The second-order valence-electron chi connectivity index (χ2n) is 4.21. The minimum atomic E-state index is -0.104. The Hall–Kier alpha value is -1.32. The Balaban J connectivity index is 2.64. The van der Waals surface area contributed by atoms with Crippen LogP contribution in [0, 0.1) is 13.8 Å². The first-order chi connectivity index (χ1) is 8.04. The highest BCUT2D eigenvalue weighted by molar-refractivity contribution is 6.30. The molecule has 0 aliphatic carbocycles. The smallest absolute Gasteiger partial charge is 0.153 e. The van der Waals surface area contributed by atoms with Gasteiger partial charge in [-0.1, -0.05) is 29.3 Å². The molecule has 0 unspecified atom stereocenters. The lowest BCUT2D eigenvalue weighted by Gasteiger charge is -2.08. The van der Waals surface area contributed by atoms with Gasteiger partial charge in [0.1, 0.15) is 5.82 Å². The predicted molar refractivity (Wildman–Crippen MR) is 69.1 cm³/mol. The van der Waals surface area contributed by atoms with Crippen molar-refractivity contribution < 1.29 is 5.11 Å². The Labute approximate surface area is 106 Å². The van der Waals surface area contributed by atoms with Gasteiger partial charge in [-0.15, -0.1) is 0 Å². The van der Waals surface area contributed by atoms with E-state index < -0.39 is 0 Å². The molecule has 1 aromatic carbocycles. The van der Waals surface area contributed by atoms with Crippen molar-refractivity contribution in [3.05, 3.63) is 40.2 Å². The van der Waals surface area contributed by atoms with Gasteiger partial charge in [-0.3, -0.25) is 0 Å². The number of imidazole rings is 1. The van der Waals surface area contributed by atoms with E-state index in [4.69, 9.17) is 11.6 Å². The number of halogens is 1. The van der Waals surface area contributed by atoms with Gasteiger partial charge in [0.05, 0.1) is 12.3 Å². The van der Waals surface area contributed by atoms with Gasteiger partial charge >= 0.3 is 0 Å². The second kappa shape index (κ2) is 4.51. The van der Waals surface area contributed by atoms with E-state index in [1.165, 1.54) is 5.56 Å². The molecule has 1 heterocycles. The highest BCUT2D eigenvalue weighted by Gasteiger charge is 2.15. The van der Waals surface area contributed by atoms with E-state index in [1.807, 2.05) is 25.5 Å². The van der Waals surface area contributed by atoms with E-state index >= 15 is 0 Å². The molecule has 0 radical (unpaired) electrons. The SMILES string of the molecule is Cc1ccc(C)c(-c2nc(Cl)c(CO)n2C)c1. The highest BCUT2D eigenvalue weighted by Crippen LogP contribution is 2.27. The zero-order chi connectivity index (χ0) is 12.6. The maximum atomic E-state index is 9.24. The van der Waals surface area contributed by atoms with Gasteiger partial charge in [-0.25, -0.2) is 4.98 Å². The van der Waals surface area contributed by atoms with Crippen LogP contribution in [0.5, 0.6) is 0 Å². The van der Waals surface area contributed by atoms with Crippen molar-refractivity contribution in [1.29, 1.82) is 0 Å². The molecular formula is C13H15ClN2O. The minimum absolute atomic E-state index is 0.104. The summed E-state index contributed by atoms with van der Waals surface area (Å²) in [6, 6.07) is 6.21. The molecule has 0 saturated heterocycles.